The van der Waals surface area contributed by atoms with Crippen molar-refractivity contribution in [3.05, 3.63) is 16.3 Å². The molecule has 0 atom stereocenters. The summed E-state index contributed by atoms with van der Waals surface area (Å²) in [6.07, 6.45) is 5.72. The van der Waals surface area contributed by atoms with Crippen LogP contribution in [0.5, 0.6) is 0 Å². The van der Waals surface area contributed by atoms with Gasteiger partial charge in [0.2, 0.25) is 10.0 Å². The third-order valence-electron chi connectivity index (χ3n) is 4.19. The molecule has 1 aliphatic rings. The molecule has 0 bridgehead atoms. The molecule has 0 unspecified atom stereocenters. The largest absolute Gasteiger partial charge is 0.326 e. The molecular formula is C13H22N2O2S2. The Labute approximate surface area is 119 Å². The monoisotopic (exact) mass is 302 g/mol. The van der Waals surface area contributed by atoms with Gasteiger partial charge in [-0.2, -0.15) is 0 Å². The number of nitrogens with two attached hydrogens (primary N) is 1. The maximum atomic E-state index is 12.2. The van der Waals surface area contributed by atoms with Crippen LogP contribution in [0.15, 0.2) is 16.3 Å². The highest BCUT2D eigenvalue weighted by atomic mass is 32.2. The van der Waals surface area contributed by atoms with Crippen LogP contribution in [0.1, 0.15) is 43.9 Å². The Hall–Kier alpha value is -0.430. The summed E-state index contributed by atoms with van der Waals surface area (Å²) in [7, 11) is -3.38. The van der Waals surface area contributed by atoms with E-state index in [0.29, 0.717) is 18.0 Å². The van der Waals surface area contributed by atoms with E-state index in [2.05, 4.69) is 11.6 Å². The zero-order valence-corrected chi connectivity index (χ0v) is 12.9. The van der Waals surface area contributed by atoms with Gasteiger partial charge in [-0.3, -0.25) is 0 Å². The smallest absolute Gasteiger partial charge is 0.241 e. The van der Waals surface area contributed by atoms with Crippen LogP contribution in [-0.2, 0) is 16.6 Å². The molecule has 19 heavy (non-hydrogen) atoms. The third-order valence-corrected chi connectivity index (χ3v) is 6.68. The molecular weight excluding hydrogens is 280 g/mol. The van der Waals surface area contributed by atoms with Gasteiger partial charge in [0.1, 0.15) is 0 Å². The Morgan fingerprint density at radius 1 is 1.42 bits per heavy atom. The number of thiophene rings is 1. The van der Waals surface area contributed by atoms with E-state index >= 15 is 0 Å². The quantitative estimate of drug-likeness (QED) is 0.848. The zero-order valence-electron chi connectivity index (χ0n) is 11.3. The summed E-state index contributed by atoms with van der Waals surface area (Å²) in [5, 5.41) is 1.66. The molecule has 1 heterocycles. The van der Waals surface area contributed by atoms with Crippen molar-refractivity contribution in [3.8, 4) is 0 Å². The van der Waals surface area contributed by atoms with Gasteiger partial charge in [0.05, 0.1) is 4.90 Å². The molecule has 0 aromatic carbocycles. The number of nitrogens with one attached hydrogen (secondary N) is 1. The normalized spacial score (nSPS) is 18.8. The molecule has 1 saturated carbocycles. The maximum Gasteiger partial charge on any atom is 0.241 e. The molecule has 0 amide bonds. The average molecular weight is 302 g/mol. The summed E-state index contributed by atoms with van der Waals surface area (Å²) in [4.78, 5) is 1.24. The standard InChI is InChI=1S/C13H22N2O2S2/c1-2-13(5-3-4-6-13)10-15-19(16,17)12-7-11(8-14)18-9-12/h7,9,15H,2-6,8,10,14H2,1H3. The van der Waals surface area contributed by atoms with E-state index in [1.54, 1.807) is 11.4 Å². The minimum atomic E-state index is -3.38. The van der Waals surface area contributed by atoms with Crippen LogP contribution < -0.4 is 10.5 Å². The summed E-state index contributed by atoms with van der Waals surface area (Å²) in [5.41, 5.74) is 5.68. The van der Waals surface area contributed by atoms with Gasteiger partial charge in [0.25, 0.3) is 0 Å². The predicted octanol–water partition coefficient (Wildman–Crippen LogP) is 2.46. The van der Waals surface area contributed by atoms with Crippen LogP contribution in [-0.4, -0.2) is 15.0 Å². The minimum Gasteiger partial charge on any atom is -0.326 e. The number of sulfonamides is 1. The SMILES string of the molecule is CCC1(CNS(=O)(=O)c2csc(CN)c2)CCCC1. The van der Waals surface area contributed by atoms with Gasteiger partial charge in [-0.15, -0.1) is 11.3 Å². The lowest BCUT2D eigenvalue weighted by Crippen LogP contribution is -2.35. The summed E-state index contributed by atoms with van der Waals surface area (Å²) in [5.74, 6) is 0. The van der Waals surface area contributed by atoms with E-state index in [1.165, 1.54) is 24.2 Å². The molecule has 4 nitrogen and oxygen atoms in total. The Morgan fingerprint density at radius 2 is 2.11 bits per heavy atom. The molecule has 3 N–H and O–H groups in total. The first-order chi connectivity index (χ1) is 9.01. The van der Waals surface area contributed by atoms with Gasteiger partial charge >= 0.3 is 0 Å². The van der Waals surface area contributed by atoms with Crippen molar-refractivity contribution in [2.45, 2.75) is 50.5 Å². The zero-order chi connectivity index (χ0) is 13.9. The molecule has 0 aliphatic heterocycles. The van der Waals surface area contributed by atoms with Gasteiger partial charge in [0.15, 0.2) is 0 Å². The second-order valence-corrected chi connectivity index (χ2v) is 8.10. The van der Waals surface area contributed by atoms with Crippen LogP contribution in [0.2, 0.25) is 0 Å². The fourth-order valence-electron chi connectivity index (χ4n) is 2.72. The van der Waals surface area contributed by atoms with E-state index in [1.807, 2.05) is 0 Å². The molecule has 0 spiro atoms. The van der Waals surface area contributed by atoms with E-state index in [-0.39, 0.29) is 5.41 Å². The number of hydrogen-bond donors (Lipinski definition) is 2. The third kappa shape index (κ3) is 3.37. The Kier molecular flexibility index (Phi) is 4.66. The Morgan fingerprint density at radius 3 is 2.63 bits per heavy atom. The van der Waals surface area contributed by atoms with Gasteiger partial charge in [-0.1, -0.05) is 19.8 Å². The lowest BCUT2D eigenvalue weighted by Gasteiger charge is -2.27. The molecule has 1 aromatic rings. The van der Waals surface area contributed by atoms with Gasteiger partial charge in [0, 0.05) is 23.3 Å². The Bertz CT molecular complexity index is 517. The van der Waals surface area contributed by atoms with Crippen molar-refractivity contribution in [2.75, 3.05) is 6.54 Å². The second-order valence-electron chi connectivity index (χ2n) is 5.34. The van der Waals surface area contributed by atoms with Crippen molar-refractivity contribution in [1.29, 1.82) is 0 Å². The van der Waals surface area contributed by atoms with E-state index in [9.17, 15) is 8.42 Å². The molecule has 1 aromatic heterocycles. The van der Waals surface area contributed by atoms with E-state index in [4.69, 9.17) is 5.73 Å². The summed E-state index contributed by atoms with van der Waals surface area (Å²) in [6, 6.07) is 1.67. The molecule has 108 valence electrons. The Balaban J connectivity index is 2.05. The highest BCUT2D eigenvalue weighted by Crippen LogP contribution is 2.40. The lowest BCUT2D eigenvalue weighted by molar-refractivity contribution is 0.285. The lowest BCUT2D eigenvalue weighted by atomic mass is 9.84. The number of rotatable bonds is 6. The molecule has 0 saturated heterocycles. The fourth-order valence-corrected chi connectivity index (χ4v) is 5.03. The van der Waals surface area contributed by atoms with Gasteiger partial charge in [-0.25, -0.2) is 13.1 Å². The van der Waals surface area contributed by atoms with Crippen LogP contribution >= 0.6 is 11.3 Å². The average Bonchev–Trinajstić information content (AvgIpc) is 3.06. The first-order valence-electron chi connectivity index (χ1n) is 6.78. The topological polar surface area (TPSA) is 72.2 Å². The van der Waals surface area contributed by atoms with Crippen LogP contribution in [0, 0.1) is 5.41 Å². The van der Waals surface area contributed by atoms with Crippen molar-refractivity contribution in [3.63, 3.8) is 0 Å². The van der Waals surface area contributed by atoms with Crippen LogP contribution in [0.3, 0.4) is 0 Å². The summed E-state index contributed by atoms with van der Waals surface area (Å²) in [6.45, 7) is 3.09. The van der Waals surface area contributed by atoms with Crippen molar-refractivity contribution in [2.24, 2.45) is 11.1 Å². The minimum absolute atomic E-state index is 0.166. The van der Waals surface area contributed by atoms with E-state index in [0.717, 1.165) is 24.1 Å². The first-order valence-corrected chi connectivity index (χ1v) is 9.15. The maximum absolute atomic E-state index is 12.2. The molecule has 1 fully saturated rings. The van der Waals surface area contributed by atoms with Crippen LogP contribution in [0.4, 0.5) is 0 Å². The summed E-state index contributed by atoms with van der Waals surface area (Å²) < 4.78 is 27.2. The van der Waals surface area contributed by atoms with Gasteiger partial charge in [-0.05, 0) is 30.7 Å². The number of hydrogen-bond acceptors (Lipinski definition) is 4. The van der Waals surface area contributed by atoms with E-state index < -0.39 is 10.0 Å². The van der Waals surface area contributed by atoms with Crippen molar-refractivity contribution < 1.29 is 8.42 Å². The van der Waals surface area contributed by atoms with Crippen molar-refractivity contribution >= 4 is 21.4 Å². The molecule has 1 aliphatic carbocycles. The van der Waals surface area contributed by atoms with Gasteiger partial charge < -0.3 is 5.73 Å². The first kappa shape index (κ1) is 15.0. The second kappa shape index (κ2) is 5.91. The van der Waals surface area contributed by atoms with Crippen molar-refractivity contribution in [1.82, 2.24) is 4.72 Å². The highest BCUT2D eigenvalue weighted by molar-refractivity contribution is 7.89. The highest BCUT2D eigenvalue weighted by Gasteiger charge is 2.33. The fraction of sp³-hybridized carbons (Fsp3) is 0.692. The molecule has 2 rings (SSSR count). The summed E-state index contributed by atoms with van der Waals surface area (Å²) >= 11 is 1.40. The molecule has 6 heteroatoms. The van der Waals surface area contributed by atoms with Crippen LogP contribution in [0.25, 0.3) is 0 Å². The predicted molar refractivity (Wildman–Crippen MR) is 78.6 cm³/mol. The molecule has 0 radical (unpaired) electrons.